The van der Waals surface area contributed by atoms with E-state index in [1.165, 1.54) is 12.5 Å². The third-order valence-corrected chi connectivity index (χ3v) is 4.34. The molecule has 26 heavy (non-hydrogen) atoms. The summed E-state index contributed by atoms with van der Waals surface area (Å²) in [5, 5.41) is 2.85. The van der Waals surface area contributed by atoms with Crippen molar-refractivity contribution in [1.29, 1.82) is 0 Å². The van der Waals surface area contributed by atoms with Crippen LogP contribution in [0.4, 0.5) is 5.69 Å². The van der Waals surface area contributed by atoms with Crippen LogP contribution in [0.15, 0.2) is 78.9 Å². The van der Waals surface area contributed by atoms with Crippen LogP contribution in [-0.2, 0) is 9.59 Å². The largest absolute Gasteiger partial charge is 0.325 e. The van der Waals surface area contributed by atoms with E-state index in [1.54, 1.807) is 12.1 Å². The van der Waals surface area contributed by atoms with Crippen molar-refractivity contribution in [2.45, 2.75) is 19.8 Å². The number of carbonyl (C=O) groups is 2. The van der Waals surface area contributed by atoms with Gasteiger partial charge in [-0.3, -0.25) is 9.59 Å². The monoisotopic (exact) mass is 343 g/mol. The Morgan fingerprint density at radius 2 is 1.31 bits per heavy atom. The van der Waals surface area contributed by atoms with Crippen molar-refractivity contribution >= 4 is 17.4 Å². The first kappa shape index (κ1) is 17.6. The molecule has 1 unspecified atom stereocenters. The maximum absolute atomic E-state index is 12.6. The summed E-state index contributed by atoms with van der Waals surface area (Å²) in [7, 11) is 0. The summed E-state index contributed by atoms with van der Waals surface area (Å²) < 4.78 is 0. The van der Waals surface area contributed by atoms with E-state index in [0.29, 0.717) is 11.3 Å². The van der Waals surface area contributed by atoms with E-state index in [-0.39, 0.29) is 11.7 Å². The molecule has 0 heterocycles. The van der Waals surface area contributed by atoms with Crippen molar-refractivity contribution in [3.05, 3.63) is 90.0 Å². The molecule has 0 saturated carbocycles. The van der Waals surface area contributed by atoms with Gasteiger partial charge in [-0.15, -0.1) is 0 Å². The molecule has 0 radical (unpaired) electrons. The predicted octanol–water partition coefficient (Wildman–Crippen LogP) is 4.97. The van der Waals surface area contributed by atoms with Crippen LogP contribution in [0.3, 0.4) is 0 Å². The second-order valence-electron chi connectivity index (χ2n) is 6.39. The highest BCUT2D eigenvalue weighted by atomic mass is 16.2. The van der Waals surface area contributed by atoms with Crippen LogP contribution in [0.5, 0.6) is 0 Å². The molecule has 0 aliphatic carbocycles. The van der Waals surface area contributed by atoms with Crippen molar-refractivity contribution < 1.29 is 9.59 Å². The van der Waals surface area contributed by atoms with Crippen LogP contribution < -0.4 is 5.32 Å². The van der Waals surface area contributed by atoms with Crippen LogP contribution >= 0.6 is 0 Å². The molecule has 3 rings (SSSR count). The second kappa shape index (κ2) is 7.79. The summed E-state index contributed by atoms with van der Waals surface area (Å²) in [4.78, 5) is 24.6. The van der Waals surface area contributed by atoms with Crippen LogP contribution in [0.25, 0.3) is 11.1 Å². The highest BCUT2D eigenvalue weighted by molar-refractivity contribution is 6.11. The van der Waals surface area contributed by atoms with Gasteiger partial charge in [-0.05, 0) is 42.7 Å². The fourth-order valence-electron chi connectivity index (χ4n) is 2.92. The standard InChI is InChI=1S/C23H21NO2/c1-16-8-10-18(11-9-16)19-12-14-21(15-13-19)24-23(26)22(17(2)25)20-6-4-3-5-7-20/h3-15,22H,1-2H3,(H,24,26). The quantitative estimate of drug-likeness (QED) is 0.665. The van der Waals surface area contributed by atoms with Crippen LogP contribution in [0.2, 0.25) is 0 Å². The molecule has 3 aromatic carbocycles. The topological polar surface area (TPSA) is 46.2 Å². The molecule has 0 bridgehead atoms. The number of benzene rings is 3. The maximum atomic E-state index is 12.6. The van der Waals surface area contributed by atoms with Crippen molar-refractivity contribution in [3.8, 4) is 11.1 Å². The summed E-state index contributed by atoms with van der Waals surface area (Å²) in [6.07, 6.45) is 0. The molecular weight excluding hydrogens is 322 g/mol. The molecule has 3 nitrogen and oxygen atoms in total. The zero-order valence-corrected chi connectivity index (χ0v) is 14.9. The molecule has 0 aromatic heterocycles. The fraction of sp³-hybridized carbons (Fsp3) is 0.130. The number of anilines is 1. The average molecular weight is 343 g/mol. The molecular formula is C23H21NO2. The van der Waals surface area contributed by atoms with Crippen LogP contribution in [-0.4, -0.2) is 11.7 Å². The van der Waals surface area contributed by atoms with Gasteiger partial charge in [-0.2, -0.15) is 0 Å². The van der Waals surface area contributed by atoms with E-state index in [4.69, 9.17) is 0 Å². The van der Waals surface area contributed by atoms with Gasteiger partial charge >= 0.3 is 0 Å². The highest BCUT2D eigenvalue weighted by Gasteiger charge is 2.25. The van der Waals surface area contributed by atoms with E-state index in [1.807, 2.05) is 42.5 Å². The minimum Gasteiger partial charge on any atom is -0.325 e. The normalized spacial score (nSPS) is 11.6. The Morgan fingerprint density at radius 3 is 1.85 bits per heavy atom. The maximum Gasteiger partial charge on any atom is 0.239 e. The lowest BCUT2D eigenvalue weighted by atomic mass is 9.94. The number of amides is 1. The lowest BCUT2D eigenvalue weighted by molar-refractivity contribution is -0.126. The molecule has 3 aromatic rings. The summed E-state index contributed by atoms with van der Waals surface area (Å²) in [6, 6.07) is 25.0. The predicted molar refractivity (Wildman–Crippen MR) is 105 cm³/mol. The lowest BCUT2D eigenvalue weighted by Gasteiger charge is -2.15. The SMILES string of the molecule is CC(=O)C(C(=O)Nc1ccc(-c2ccc(C)cc2)cc1)c1ccccc1. The molecule has 130 valence electrons. The number of carbonyl (C=O) groups excluding carboxylic acids is 2. The third-order valence-electron chi connectivity index (χ3n) is 4.34. The zero-order chi connectivity index (χ0) is 18.5. The molecule has 0 saturated heterocycles. The number of hydrogen-bond acceptors (Lipinski definition) is 2. The van der Waals surface area contributed by atoms with Gasteiger partial charge < -0.3 is 5.32 Å². The van der Waals surface area contributed by atoms with Crippen molar-refractivity contribution in [3.63, 3.8) is 0 Å². The van der Waals surface area contributed by atoms with Gasteiger partial charge in [0.05, 0.1) is 0 Å². The molecule has 0 aliphatic heterocycles. The minimum absolute atomic E-state index is 0.176. The third kappa shape index (κ3) is 4.06. The molecule has 0 aliphatic rings. The molecule has 3 heteroatoms. The van der Waals surface area contributed by atoms with Gasteiger partial charge in [-0.1, -0.05) is 72.3 Å². The summed E-state index contributed by atoms with van der Waals surface area (Å²) >= 11 is 0. The first-order valence-corrected chi connectivity index (χ1v) is 8.58. The number of Topliss-reactive ketones (excluding diaryl/α,β-unsaturated/α-hetero) is 1. The zero-order valence-electron chi connectivity index (χ0n) is 14.9. The van der Waals surface area contributed by atoms with E-state index in [0.717, 1.165) is 11.1 Å². The van der Waals surface area contributed by atoms with Crippen molar-refractivity contribution in [2.24, 2.45) is 0 Å². The number of rotatable bonds is 5. The van der Waals surface area contributed by atoms with Crippen LogP contribution in [0.1, 0.15) is 24.0 Å². The summed E-state index contributed by atoms with van der Waals surface area (Å²) in [5.41, 5.74) is 4.80. The number of nitrogens with one attached hydrogen (secondary N) is 1. The second-order valence-corrected chi connectivity index (χ2v) is 6.39. The van der Waals surface area contributed by atoms with E-state index in [9.17, 15) is 9.59 Å². The Labute approximate surface area is 153 Å². The summed E-state index contributed by atoms with van der Waals surface area (Å²) in [5.74, 6) is -1.29. The lowest BCUT2D eigenvalue weighted by Crippen LogP contribution is -2.26. The first-order chi connectivity index (χ1) is 12.5. The van der Waals surface area contributed by atoms with Gasteiger partial charge in [0.2, 0.25) is 5.91 Å². The van der Waals surface area contributed by atoms with E-state index >= 15 is 0 Å². The Balaban J connectivity index is 1.76. The molecule has 0 spiro atoms. The van der Waals surface area contributed by atoms with Gasteiger partial charge in [-0.25, -0.2) is 0 Å². The molecule has 1 N–H and O–H groups in total. The van der Waals surface area contributed by atoms with Gasteiger partial charge in [0.15, 0.2) is 0 Å². The highest BCUT2D eigenvalue weighted by Crippen LogP contribution is 2.23. The Bertz CT molecular complexity index is 897. The smallest absolute Gasteiger partial charge is 0.239 e. The van der Waals surface area contributed by atoms with E-state index < -0.39 is 5.92 Å². The number of aryl methyl sites for hydroxylation is 1. The first-order valence-electron chi connectivity index (χ1n) is 8.58. The van der Waals surface area contributed by atoms with Crippen molar-refractivity contribution in [1.82, 2.24) is 0 Å². The van der Waals surface area contributed by atoms with Crippen molar-refractivity contribution in [2.75, 3.05) is 5.32 Å². The van der Waals surface area contributed by atoms with E-state index in [2.05, 4.69) is 36.5 Å². The fourth-order valence-corrected chi connectivity index (χ4v) is 2.92. The number of ketones is 1. The van der Waals surface area contributed by atoms with Gasteiger partial charge in [0.25, 0.3) is 0 Å². The Hall–Kier alpha value is -3.20. The Morgan fingerprint density at radius 1 is 0.769 bits per heavy atom. The Kier molecular flexibility index (Phi) is 5.28. The molecule has 1 amide bonds. The minimum atomic E-state index is -0.798. The molecule has 1 atom stereocenters. The van der Waals surface area contributed by atoms with Gasteiger partial charge in [0.1, 0.15) is 11.7 Å². The summed E-state index contributed by atoms with van der Waals surface area (Å²) in [6.45, 7) is 3.50. The van der Waals surface area contributed by atoms with Crippen LogP contribution in [0, 0.1) is 6.92 Å². The number of hydrogen-bond donors (Lipinski definition) is 1. The van der Waals surface area contributed by atoms with Gasteiger partial charge in [0, 0.05) is 5.69 Å². The molecule has 0 fully saturated rings. The average Bonchev–Trinajstić information content (AvgIpc) is 2.64.